The Bertz CT molecular complexity index is 659. The molecule has 0 heterocycles. The third-order valence-corrected chi connectivity index (χ3v) is 7.63. The Morgan fingerprint density at radius 1 is 0.963 bits per heavy atom. The fourth-order valence-electron chi connectivity index (χ4n) is 6.45. The lowest BCUT2D eigenvalue weighted by molar-refractivity contribution is -0.201. The maximum absolute atomic E-state index is 11.5. The van der Waals surface area contributed by atoms with Gasteiger partial charge in [0.15, 0.2) is 0 Å². The molecule has 0 aromatic heterocycles. The van der Waals surface area contributed by atoms with E-state index in [1.54, 1.807) is 14.2 Å². The molecule has 27 heavy (non-hydrogen) atoms. The van der Waals surface area contributed by atoms with Gasteiger partial charge in [0.25, 0.3) is 0 Å². The second-order valence-electron chi connectivity index (χ2n) is 9.86. The van der Waals surface area contributed by atoms with E-state index in [1.807, 2.05) is 25.1 Å². The summed E-state index contributed by atoms with van der Waals surface area (Å²) in [5, 5.41) is 22.9. The first-order valence-electron chi connectivity index (χ1n) is 10.2. The zero-order valence-corrected chi connectivity index (χ0v) is 17.7. The summed E-state index contributed by atoms with van der Waals surface area (Å²) in [6.45, 7) is 8.90. The van der Waals surface area contributed by atoms with Gasteiger partial charge in [-0.15, -0.1) is 0 Å². The van der Waals surface area contributed by atoms with Crippen molar-refractivity contribution in [3.8, 4) is 11.5 Å². The van der Waals surface area contributed by atoms with Crippen molar-refractivity contribution < 1.29 is 19.7 Å². The maximum Gasteiger partial charge on any atom is 0.122 e. The van der Waals surface area contributed by atoms with Crippen LogP contribution in [0.4, 0.5) is 0 Å². The molecule has 2 aliphatic carbocycles. The molecule has 0 bridgehead atoms. The number of benzene rings is 1. The Hall–Kier alpha value is -1.26. The first-order chi connectivity index (χ1) is 12.5. The van der Waals surface area contributed by atoms with E-state index in [9.17, 15) is 10.2 Å². The van der Waals surface area contributed by atoms with Crippen LogP contribution in [0, 0.1) is 22.7 Å². The summed E-state index contributed by atoms with van der Waals surface area (Å²) in [6.07, 6.45) is 4.36. The maximum atomic E-state index is 11.5. The number of hydrogen-bond acceptors (Lipinski definition) is 4. The van der Waals surface area contributed by atoms with Gasteiger partial charge >= 0.3 is 0 Å². The van der Waals surface area contributed by atoms with Crippen molar-refractivity contribution in [2.45, 2.75) is 71.5 Å². The normalized spacial score (nSPS) is 36.6. The van der Waals surface area contributed by atoms with E-state index in [4.69, 9.17) is 9.47 Å². The van der Waals surface area contributed by atoms with Gasteiger partial charge in [0, 0.05) is 12.0 Å². The van der Waals surface area contributed by atoms with Crippen molar-refractivity contribution in [1.82, 2.24) is 0 Å². The zero-order chi connectivity index (χ0) is 20.0. The molecule has 0 saturated heterocycles. The molecule has 152 valence electrons. The second kappa shape index (κ2) is 6.97. The van der Waals surface area contributed by atoms with Crippen molar-refractivity contribution in [2.24, 2.45) is 22.7 Å². The minimum Gasteiger partial charge on any atom is -0.497 e. The van der Waals surface area contributed by atoms with Gasteiger partial charge in [-0.2, -0.15) is 0 Å². The molecule has 0 amide bonds. The average Bonchev–Trinajstić information content (AvgIpc) is 2.59. The third-order valence-electron chi connectivity index (χ3n) is 7.63. The molecule has 2 fully saturated rings. The molecule has 2 N–H and O–H groups in total. The van der Waals surface area contributed by atoms with E-state index >= 15 is 0 Å². The molecule has 0 aliphatic heterocycles. The minimum absolute atomic E-state index is 0.112. The highest BCUT2D eigenvalue weighted by molar-refractivity contribution is 5.40. The predicted molar refractivity (Wildman–Crippen MR) is 107 cm³/mol. The molecule has 4 nitrogen and oxygen atoms in total. The van der Waals surface area contributed by atoms with E-state index in [1.165, 1.54) is 6.42 Å². The van der Waals surface area contributed by atoms with E-state index < -0.39 is 11.7 Å². The highest BCUT2D eigenvalue weighted by Gasteiger charge is 2.60. The number of rotatable bonds is 4. The molecule has 5 atom stereocenters. The highest BCUT2D eigenvalue weighted by atomic mass is 16.5. The SMILES string of the molecule is COc1cc(OC)cc(C(O)C2[C@](C)(O)CC[C@H]3C(C)(C)CCC[C@]23C)c1. The molecule has 2 unspecified atom stereocenters. The predicted octanol–water partition coefficient (Wildman–Crippen LogP) is 4.73. The van der Waals surface area contributed by atoms with Gasteiger partial charge in [0.1, 0.15) is 11.5 Å². The van der Waals surface area contributed by atoms with E-state index in [2.05, 4.69) is 20.8 Å². The molecule has 2 aliphatic rings. The molecule has 1 aromatic rings. The number of ether oxygens (including phenoxy) is 2. The lowest BCUT2D eigenvalue weighted by Crippen LogP contribution is -2.59. The Balaban J connectivity index is 2.06. The summed E-state index contributed by atoms with van der Waals surface area (Å²) in [5.41, 5.74) is -0.0389. The van der Waals surface area contributed by atoms with Crippen LogP contribution in [0.3, 0.4) is 0 Å². The number of aliphatic hydroxyl groups is 2. The first-order valence-corrected chi connectivity index (χ1v) is 10.2. The molecule has 0 radical (unpaired) electrons. The van der Waals surface area contributed by atoms with Gasteiger partial charge in [0.2, 0.25) is 0 Å². The largest absolute Gasteiger partial charge is 0.497 e. The quantitative estimate of drug-likeness (QED) is 0.797. The Labute approximate surface area is 163 Å². The Morgan fingerprint density at radius 3 is 2.11 bits per heavy atom. The van der Waals surface area contributed by atoms with Crippen LogP contribution in [0.25, 0.3) is 0 Å². The van der Waals surface area contributed by atoms with Crippen LogP contribution in [-0.2, 0) is 0 Å². The van der Waals surface area contributed by atoms with Gasteiger partial charge in [-0.05, 0) is 67.1 Å². The fraction of sp³-hybridized carbons (Fsp3) is 0.739. The van der Waals surface area contributed by atoms with Gasteiger partial charge in [-0.25, -0.2) is 0 Å². The van der Waals surface area contributed by atoms with Crippen molar-refractivity contribution in [3.05, 3.63) is 23.8 Å². The van der Waals surface area contributed by atoms with Crippen LogP contribution < -0.4 is 9.47 Å². The van der Waals surface area contributed by atoms with E-state index in [0.29, 0.717) is 17.4 Å². The number of hydrogen-bond donors (Lipinski definition) is 2. The molecular formula is C23H36O4. The van der Waals surface area contributed by atoms with Crippen LogP contribution in [0.15, 0.2) is 18.2 Å². The summed E-state index contributed by atoms with van der Waals surface area (Å²) >= 11 is 0. The highest BCUT2D eigenvalue weighted by Crippen LogP contribution is 2.64. The average molecular weight is 377 g/mol. The molecule has 3 rings (SSSR count). The number of aliphatic hydroxyl groups excluding tert-OH is 1. The molecule has 2 saturated carbocycles. The van der Waals surface area contributed by atoms with Crippen LogP contribution in [0.1, 0.15) is 71.5 Å². The van der Waals surface area contributed by atoms with E-state index in [0.717, 1.165) is 31.2 Å². The third kappa shape index (κ3) is 3.47. The fourth-order valence-corrected chi connectivity index (χ4v) is 6.45. The monoisotopic (exact) mass is 376 g/mol. The summed E-state index contributed by atoms with van der Waals surface area (Å²) in [5.74, 6) is 1.57. The lowest BCUT2D eigenvalue weighted by atomic mass is 9.44. The van der Waals surface area contributed by atoms with Crippen molar-refractivity contribution >= 4 is 0 Å². The Morgan fingerprint density at radius 2 is 1.56 bits per heavy atom. The Kier molecular flexibility index (Phi) is 5.28. The van der Waals surface area contributed by atoms with Crippen LogP contribution in [-0.4, -0.2) is 30.0 Å². The van der Waals surface area contributed by atoms with Crippen LogP contribution in [0.2, 0.25) is 0 Å². The number of methoxy groups -OCH3 is 2. The van der Waals surface area contributed by atoms with Crippen molar-refractivity contribution in [3.63, 3.8) is 0 Å². The minimum atomic E-state index is -0.908. The van der Waals surface area contributed by atoms with Gasteiger partial charge in [0.05, 0.1) is 25.9 Å². The number of fused-ring (bicyclic) bond motifs is 1. The topological polar surface area (TPSA) is 58.9 Å². The van der Waals surface area contributed by atoms with Crippen molar-refractivity contribution in [2.75, 3.05) is 14.2 Å². The van der Waals surface area contributed by atoms with Gasteiger partial charge in [-0.1, -0.05) is 27.2 Å². The first kappa shape index (κ1) is 20.5. The van der Waals surface area contributed by atoms with E-state index in [-0.39, 0.29) is 16.7 Å². The second-order valence-corrected chi connectivity index (χ2v) is 9.86. The summed E-state index contributed by atoms with van der Waals surface area (Å²) in [4.78, 5) is 0. The van der Waals surface area contributed by atoms with Crippen LogP contribution >= 0.6 is 0 Å². The molecule has 1 aromatic carbocycles. The summed E-state index contributed by atoms with van der Waals surface area (Å²) < 4.78 is 10.8. The molecular weight excluding hydrogens is 340 g/mol. The van der Waals surface area contributed by atoms with Gasteiger partial charge in [-0.3, -0.25) is 0 Å². The molecule has 4 heteroatoms. The zero-order valence-electron chi connectivity index (χ0n) is 17.7. The molecule has 0 spiro atoms. The lowest BCUT2D eigenvalue weighted by Gasteiger charge is -2.62. The van der Waals surface area contributed by atoms with Crippen molar-refractivity contribution in [1.29, 1.82) is 0 Å². The van der Waals surface area contributed by atoms with Gasteiger partial charge < -0.3 is 19.7 Å². The summed E-state index contributed by atoms with van der Waals surface area (Å²) in [7, 11) is 3.23. The smallest absolute Gasteiger partial charge is 0.122 e. The van der Waals surface area contributed by atoms with Crippen LogP contribution in [0.5, 0.6) is 11.5 Å². The standard InChI is InChI=1S/C23H36O4/c1-21(2)9-7-10-22(3)18(21)8-11-23(4,25)20(22)19(24)15-12-16(26-5)14-17(13-15)27-6/h12-14,18-20,24-25H,7-11H2,1-6H3/t18-,19?,20?,22-,23+/m0/s1. The summed E-state index contributed by atoms with van der Waals surface area (Å²) in [6, 6.07) is 5.54.